The lowest BCUT2D eigenvalue weighted by molar-refractivity contribution is -0.115. The number of rotatable bonds is 8. The molecule has 1 aliphatic rings. The second-order valence-electron chi connectivity index (χ2n) is 6.22. The third-order valence-corrected chi connectivity index (χ3v) is 5.87. The fourth-order valence-electron chi connectivity index (χ4n) is 2.66. The zero-order valence-electron chi connectivity index (χ0n) is 16.3. The van der Waals surface area contributed by atoms with Crippen molar-refractivity contribution >= 4 is 63.5 Å². The zero-order chi connectivity index (χ0) is 21.7. The zero-order valence-corrected chi connectivity index (χ0v) is 19.4. The molecule has 0 aromatic heterocycles. The second kappa shape index (κ2) is 10.4. The molecule has 2 aromatic rings. The number of hydrogen-bond donors (Lipinski definition) is 1. The van der Waals surface area contributed by atoms with Crippen molar-refractivity contribution in [2.45, 2.75) is 13.8 Å². The molecule has 5 nitrogen and oxygen atoms in total. The Bertz CT molecular complexity index is 1010. The molecule has 9 heteroatoms. The summed E-state index contributed by atoms with van der Waals surface area (Å²) in [6.07, 6.45) is 1.71. The van der Waals surface area contributed by atoms with Gasteiger partial charge in [-0.1, -0.05) is 47.2 Å². The van der Waals surface area contributed by atoms with Crippen LogP contribution >= 0.6 is 47.2 Å². The molecule has 0 bridgehead atoms. The van der Waals surface area contributed by atoms with Crippen molar-refractivity contribution in [1.82, 2.24) is 5.32 Å². The van der Waals surface area contributed by atoms with Crippen molar-refractivity contribution in [3.63, 3.8) is 0 Å². The Hall–Kier alpha value is -1.93. The van der Waals surface area contributed by atoms with E-state index in [1.165, 1.54) is 11.8 Å². The van der Waals surface area contributed by atoms with Crippen LogP contribution in [0.25, 0.3) is 6.08 Å². The van der Waals surface area contributed by atoms with Crippen LogP contribution in [0.3, 0.4) is 0 Å². The van der Waals surface area contributed by atoms with E-state index in [0.29, 0.717) is 55.3 Å². The van der Waals surface area contributed by atoms with E-state index in [4.69, 9.17) is 49.6 Å². The normalized spacial score (nSPS) is 14.7. The first-order chi connectivity index (χ1) is 14.4. The van der Waals surface area contributed by atoms with Crippen molar-refractivity contribution in [3.05, 3.63) is 56.4 Å². The van der Waals surface area contributed by atoms with Gasteiger partial charge in [0.2, 0.25) is 0 Å². The first-order valence-electron chi connectivity index (χ1n) is 9.10. The number of ether oxygens (including phenoxy) is 3. The summed E-state index contributed by atoms with van der Waals surface area (Å²) < 4.78 is 17.6. The Morgan fingerprint density at radius 2 is 1.87 bits per heavy atom. The molecular weight excluding hydrogens is 465 g/mol. The number of hydrogen-bond acceptors (Lipinski definition) is 6. The third-order valence-electron chi connectivity index (χ3n) is 4.00. The van der Waals surface area contributed by atoms with Gasteiger partial charge in [-0.05, 0) is 61.4 Å². The van der Waals surface area contributed by atoms with E-state index in [1.807, 2.05) is 19.9 Å². The average molecular weight is 484 g/mol. The molecule has 2 aromatic carbocycles. The molecule has 1 aliphatic heterocycles. The highest BCUT2D eigenvalue weighted by atomic mass is 35.5. The number of carbonyl (C=O) groups excluding carboxylic acids is 1. The maximum Gasteiger partial charge on any atom is 0.263 e. The Labute approximate surface area is 194 Å². The first-order valence-corrected chi connectivity index (χ1v) is 11.1. The fraction of sp³-hybridized carbons (Fsp3) is 0.238. The molecule has 1 heterocycles. The topological polar surface area (TPSA) is 56.8 Å². The quantitative estimate of drug-likeness (QED) is 0.297. The van der Waals surface area contributed by atoms with Crippen molar-refractivity contribution in [3.8, 4) is 17.2 Å². The summed E-state index contributed by atoms with van der Waals surface area (Å²) in [7, 11) is 0. The molecule has 0 unspecified atom stereocenters. The van der Waals surface area contributed by atoms with Crippen molar-refractivity contribution in [1.29, 1.82) is 0 Å². The lowest BCUT2D eigenvalue weighted by Gasteiger charge is -2.15. The van der Waals surface area contributed by atoms with Gasteiger partial charge in [-0.15, -0.1) is 0 Å². The van der Waals surface area contributed by atoms with Crippen LogP contribution in [-0.2, 0) is 4.79 Å². The minimum absolute atomic E-state index is 0.228. The maximum atomic E-state index is 11.9. The van der Waals surface area contributed by atoms with E-state index in [2.05, 4.69) is 5.32 Å². The third kappa shape index (κ3) is 5.82. The highest BCUT2D eigenvalue weighted by Gasteiger charge is 2.22. The molecule has 0 spiro atoms. The molecule has 30 heavy (non-hydrogen) atoms. The monoisotopic (exact) mass is 483 g/mol. The summed E-state index contributed by atoms with van der Waals surface area (Å²) >= 11 is 18.7. The van der Waals surface area contributed by atoms with Gasteiger partial charge in [-0.3, -0.25) is 4.79 Å². The lowest BCUT2D eigenvalue weighted by Crippen LogP contribution is -2.17. The molecule has 1 amide bonds. The van der Waals surface area contributed by atoms with E-state index in [-0.39, 0.29) is 12.5 Å². The molecular formula is C21H19Cl2NO4S2. The van der Waals surface area contributed by atoms with Gasteiger partial charge in [-0.25, -0.2) is 0 Å². The van der Waals surface area contributed by atoms with E-state index >= 15 is 0 Å². The number of amides is 1. The Morgan fingerprint density at radius 3 is 2.53 bits per heavy atom. The second-order valence-corrected chi connectivity index (χ2v) is 8.76. The van der Waals surface area contributed by atoms with Gasteiger partial charge in [0.15, 0.2) is 11.5 Å². The van der Waals surface area contributed by atoms with E-state index in [9.17, 15) is 4.79 Å². The molecule has 3 rings (SSSR count). The van der Waals surface area contributed by atoms with Crippen LogP contribution in [0.4, 0.5) is 0 Å². The predicted molar refractivity (Wildman–Crippen MR) is 126 cm³/mol. The first kappa shape index (κ1) is 22.7. The van der Waals surface area contributed by atoms with Crippen LogP contribution in [0, 0.1) is 6.92 Å². The predicted octanol–water partition coefficient (Wildman–Crippen LogP) is 5.65. The number of thioether (sulfide) groups is 1. The van der Waals surface area contributed by atoms with Crippen LogP contribution in [0.1, 0.15) is 18.1 Å². The number of halogens is 2. The summed E-state index contributed by atoms with van der Waals surface area (Å²) in [5, 5.41) is 3.65. The lowest BCUT2D eigenvalue weighted by atomic mass is 10.2. The summed E-state index contributed by atoms with van der Waals surface area (Å²) in [5.74, 6) is 1.40. The van der Waals surface area contributed by atoms with Gasteiger partial charge in [0.05, 0.1) is 16.5 Å². The van der Waals surface area contributed by atoms with Gasteiger partial charge in [-0.2, -0.15) is 0 Å². The van der Waals surface area contributed by atoms with Crippen LogP contribution in [0.2, 0.25) is 10.0 Å². The van der Waals surface area contributed by atoms with Crippen molar-refractivity contribution in [2.24, 2.45) is 0 Å². The number of benzene rings is 2. The number of aryl methyl sites for hydroxylation is 1. The van der Waals surface area contributed by atoms with Crippen LogP contribution in [0.15, 0.2) is 35.2 Å². The van der Waals surface area contributed by atoms with Gasteiger partial charge in [0.1, 0.15) is 23.3 Å². The number of nitrogens with one attached hydrogen (secondary N) is 1. The van der Waals surface area contributed by atoms with Crippen LogP contribution in [-0.4, -0.2) is 30.0 Å². The molecule has 0 saturated carbocycles. The number of carbonyl (C=O) groups is 1. The highest BCUT2D eigenvalue weighted by Crippen LogP contribution is 2.38. The standard InChI is InChI=1S/C21H19Cl2NO4S2/c1-3-26-17-10-13(11-18-20(25)24-21(29)30-18)9-16(23)19(17)28-7-6-27-14-4-5-15(22)12(2)8-14/h4-5,8-11H,3,6-7H2,1-2H3,(H,24,25,29)/b18-11-. The maximum absolute atomic E-state index is 11.9. The van der Waals surface area contributed by atoms with Crippen LogP contribution in [0.5, 0.6) is 17.2 Å². The molecule has 1 saturated heterocycles. The minimum Gasteiger partial charge on any atom is -0.490 e. The van der Waals surface area contributed by atoms with E-state index in [1.54, 1.807) is 30.3 Å². The molecule has 1 N–H and O–H groups in total. The molecule has 0 aliphatic carbocycles. The van der Waals surface area contributed by atoms with Gasteiger partial charge >= 0.3 is 0 Å². The summed E-state index contributed by atoms with van der Waals surface area (Å²) in [6, 6.07) is 8.95. The molecule has 158 valence electrons. The highest BCUT2D eigenvalue weighted by molar-refractivity contribution is 8.26. The Kier molecular flexibility index (Phi) is 7.88. The van der Waals surface area contributed by atoms with Crippen molar-refractivity contribution < 1.29 is 19.0 Å². The van der Waals surface area contributed by atoms with Gasteiger partial charge in [0.25, 0.3) is 5.91 Å². The van der Waals surface area contributed by atoms with Gasteiger partial charge < -0.3 is 19.5 Å². The van der Waals surface area contributed by atoms with Crippen molar-refractivity contribution in [2.75, 3.05) is 19.8 Å². The summed E-state index contributed by atoms with van der Waals surface area (Å²) in [6.45, 7) is 4.81. The fourth-order valence-corrected chi connectivity index (χ4v) is 4.09. The van der Waals surface area contributed by atoms with Gasteiger partial charge in [0, 0.05) is 5.02 Å². The average Bonchev–Trinajstić information content (AvgIpc) is 3.00. The molecule has 0 radical (unpaired) electrons. The Balaban J connectivity index is 1.69. The number of thiocarbonyl (C=S) groups is 1. The summed E-state index contributed by atoms with van der Waals surface area (Å²) in [5.41, 5.74) is 1.65. The van der Waals surface area contributed by atoms with E-state index in [0.717, 1.165) is 5.56 Å². The summed E-state index contributed by atoms with van der Waals surface area (Å²) in [4.78, 5) is 12.4. The van der Waals surface area contributed by atoms with Crippen LogP contribution < -0.4 is 19.5 Å². The Morgan fingerprint density at radius 1 is 1.10 bits per heavy atom. The smallest absolute Gasteiger partial charge is 0.263 e. The molecule has 0 atom stereocenters. The minimum atomic E-state index is -0.228. The van der Waals surface area contributed by atoms with E-state index < -0.39 is 0 Å². The largest absolute Gasteiger partial charge is 0.490 e. The SMILES string of the molecule is CCOc1cc(/C=C2\SC(=S)NC2=O)cc(Cl)c1OCCOc1ccc(Cl)c(C)c1. The molecule has 1 fully saturated rings.